The summed E-state index contributed by atoms with van der Waals surface area (Å²) in [4.78, 5) is 25.7. The molecule has 7 heteroatoms. The largest absolute Gasteiger partial charge is 0.322 e. The van der Waals surface area contributed by atoms with Crippen molar-refractivity contribution in [1.82, 2.24) is 0 Å². The molecule has 3 rings (SSSR count). The van der Waals surface area contributed by atoms with Crippen molar-refractivity contribution >= 4 is 34.8 Å². The van der Waals surface area contributed by atoms with E-state index in [-0.39, 0.29) is 16.5 Å². The first-order valence-electron chi connectivity index (χ1n) is 7.32. The Labute approximate surface area is 142 Å². The highest BCUT2D eigenvalue weighted by molar-refractivity contribution is 6.34. The van der Waals surface area contributed by atoms with Gasteiger partial charge in [0.25, 0.3) is 5.91 Å². The van der Waals surface area contributed by atoms with Gasteiger partial charge in [0.15, 0.2) is 11.6 Å². The number of nitrogens with zero attached hydrogens (tertiary/aromatic N) is 1. The minimum atomic E-state index is -1.15. The van der Waals surface area contributed by atoms with Crippen LogP contribution < -0.4 is 10.2 Å². The highest BCUT2D eigenvalue weighted by Gasteiger charge is 2.22. The zero-order chi connectivity index (χ0) is 17.3. The third-order valence-corrected chi connectivity index (χ3v) is 4.06. The molecule has 1 aliphatic rings. The van der Waals surface area contributed by atoms with Crippen LogP contribution in [0.1, 0.15) is 23.2 Å². The maximum Gasteiger partial charge on any atom is 0.257 e. The molecule has 2 aromatic rings. The van der Waals surface area contributed by atoms with Gasteiger partial charge >= 0.3 is 0 Å². The third-order valence-electron chi connectivity index (χ3n) is 3.74. The first-order chi connectivity index (χ1) is 11.5. The van der Waals surface area contributed by atoms with Crippen molar-refractivity contribution in [2.24, 2.45) is 0 Å². The lowest BCUT2D eigenvalue weighted by molar-refractivity contribution is -0.117. The average molecular weight is 351 g/mol. The van der Waals surface area contributed by atoms with E-state index in [9.17, 15) is 18.4 Å². The van der Waals surface area contributed by atoms with Crippen molar-refractivity contribution in [2.45, 2.75) is 12.8 Å². The van der Waals surface area contributed by atoms with Crippen LogP contribution in [0, 0.1) is 11.6 Å². The number of hydrogen-bond acceptors (Lipinski definition) is 2. The van der Waals surface area contributed by atoms with Gasteiger partial charge < -0.3 is 10.2 Å². The van der Waals surface area contributed by atoms with Gasteiger partial charge in [0, 0.05) is 24.3 Å². The summed E-state index contributed by atoms with van der Waals surface area (Å²) in [5.41, 5.74) is 0.933. The number of rotatable bonds is 3. The van der Waals surface area contributed by atoms with Gasteiger partial charge in [0.1, 0.15) is 0 Å². The minimum absolute atomic E-state index is 0.0297. The summed E-state index contributed by atoms with van der Waals surface area (Å²) in [5.74, 6) is -2.90. The van der Waals surface area contributed by atoms with Crippen LogP contribution in [0.15, 0.2) is 36.4 Å². The van der Waals surface area contributed by atoms with Gasteiger partial charge in [0.05, 0.1) is 10.6 Å². The zero-order valence-electron chi connectivity index (χ0n) is 12.5. The van der Waals surface area contributed by atoms with E-state index >= 15 is 0 Å². The zero-order valence-corrected chi connectivity index (χ0v) is 13.2. The van der Waals surface area contributed by atoms with Crippen LogP contribution in [0.25, 0.3) is 0 Å². The average Bonchev–Trinajstić information content (AvgIpc) is 2.97. The van der Waals surface area contributed by atoms with E-state index in [4.69, 9.17) is 11.6 Å². The van der Waals surface area contributed by atoms with Crippen molar-refractivity contribution in [1.29, 1.82) is 0 Å². The molecule has 0 aromatic heterocycles. The summed E-state index contributed by atoms with van der Waals surface area (Å²) in [6.45, 7) is 0.630. The molecule has 2 aromatic carbocycles. The maximum absolute atomic E-state index is 13.3. The number of carbonyl (C=O) groups is 2. The van der Waals surface area contributed by atoms with Crippen molar-refractivity contribution in [3.05, 3.63) is 58.6 Å². The molecular formula is C17H13ClF2N2O2. The predicted molar refractivity (Wildman–Crippen MR) is 87.4 cm³/mol. The van der Waals surface area contributed by atoms with Gasteiger partial charge in [-0.2, -0.15) is 0 Å². The monoisotopic (exact) mass is 350 g/mol. The van der Waals surface area contributed by atoms with E-state index in [0.717, 1.165) is 18.6 Å². The first kappa shape index (κ1) is 16.4. The van der Waals surface area contributed by atoms with E-state index < -0.39 is 17.5 Å². The Kier molecular flexibility index (Phi) is 4.49. The fraction of sp³-hybridized carbons (Fsp3) is 0.176. The number of halogens is 3. The number of anilines is 2. The molecule has 0 unspecified atom stereocenters. The predicted octanol–water partition coefficient (Wildman–Crippen LogP) is 4.00. The van der Waals surface area contributed by atoms with Crippen LogP contribution in [0.4, 0.5) is 20.2 Å². The lowest BCUT2D eigenvalue weighted by Gasteiger charge is -2.17. The van der Waals surface area contributed by atoms with Crippen molar-refractivity contribution in [3.8, 4) is 0 Å². The van der Waals surface area contributed by atoms with Gasteiger partial charge in [0.2, 0.25) is 5.91 Å². The van der Waals surface area contributed by atoms with E-state index in [1.807, 2.05) is 0 Å². The van der Waals surface area contributed by atoms with E-state index in [1.165, 1.54) is 0 Å². The summed E-state index contributed by atoms with van der Waals surface area (Å²) < 4.78 is 26.4. The van der Waals surface area contributed by atoms with E-state index in [0.29, 0.717) is 24.3 Å². The number of amides is 2. The molecule has 124 valence electrons. The highest BCUT2D eigenvalue weighted by atomic mass is 35.5. The molecule has 4 nitrogen and oxygen atoms in total. The molecular weight excluding hydrogens is 338 g/mol. The Morgan fingerprint density at radius 3 is 2.62 bits per heavy atom. The fourth-order valence-electron chi connectivity index (χ4n) is 2.57. The molecule has 0 bridgehead atoms. The quantitative estimate of drug-likeness (QED) is 0.851. The SMILES string of the molecule is O=C(Nc1cccc(N2CCCC2=O)c1)c1cc(F)c(F)cc1Cl. The van der Waals surface area contributed by atoms with Crippen LogP contribution >= 0.6 is 11.6 Å². The van der Waals surface area contributed by atoms with Crippen LogP contribution in [0.2, 0.25) is 5.02 Å². The molecule has 1 saturated heterocycles. The van der Waals surface area contributed by atoms with Crippen LogP contribution in [-0.2, 0) is 4.79 Å². The Morgan fingerprint density at radius 1 is 1.17 bits per heavy atom. The smallest absolute Gasteiger partial charge is 0.257 e. The Hall–Kier alpha value is -2.47. The van der Waals surface area contributed by atoms with Gasteiger partial charge in [-0.15, -0.1) is 0 Å². The molecule has 2 amide bonds. The van der Waals surface area contributed by atoms with Crippen molar-refractivity contribution in [3.63, 3.8) is 0 Å². The lowest BCUT2D eigenvalue weighted by Crippen LogP contribution is -2.23. The molecule has 0 atom stereocenters. The number of benzene rings is 2. The first-order valence-corrected chi connectivity index (χ1v) is 7.70. The standard InChI is InChI=1S/C17H13ClF2N2O2/c18-13-9-15(20)14(19)8-12(13)17(24)21-10-3-1-4-11(7-10)22-6-2-5-16(22)23/h1,3-4,7-9H,2,5-6H2,(H,21,24). The number of nitrogens with one attached hydrogen (secondary N) is 1. The Balaban J connectivity index is 1.82. The summed E-state index contributed by atoms with van der Waals surface area (Å²) >= 11 is 5.80. The lowest BCUT2D eigenvalue weighted by atomic mass is 10.2. The third kappa shape index (κ3) is 3.23. The molecule has 24 heavy (non-hydrogen) atoms. The topological polar surface area (TPSA) is 49.4 Å². The molecule has 0 spiro atoms. The Morgan fingerprint density at radius 2 is 1.92 bits per heavy atom. The second-order valence-electron chi connectivity index (χ2n) is 5.40. The second kappa shape index (κ2) is 6.57. The molecule has 0 saturated carbocycles. The molecule has 1 fully saturated rings. The van der Waals surface area contributed by atoms with Gasteiger partial charge in [-0.3, -0.25) is 9.59 Å². The van der Waals surface area contributed by atoms with Crippen LogP contribution in [0.5, 0.6) is 0 Å². The molecule has 0 radical (unpaired) electrons. The van der Waals surface area contributed by atoms with Gasteiger partial charge in [-0.25, -0.2) is 8.78 Å². The van der Waals surface area contributed by atoms with Crippen LogP contribution in [0.3, 0.4) is 0 Å². The second-order valence-corrected chi connectivity index (χ2v) is 5.81. The highest BCUT2D eigenvalue weighted by Crippen LogP contribution is 2.26. The molecule has 1 aliphatic heterocycles. The van der Waals surface area contributed by atoms with Gasteiger partial charge in [-0.05, 0) is 36.8 Å². The fourth-order valence-corrected chi connectivity index (χ4v) is 2.80. The number of hydrogen-bond donors (Lipinski definition) is 1. The van der Waals surface area contributed by atoms with E-state index in [2.05, 4.69) is 5.32 Å². The van der Waals surface area contributed by atoms with Gasteiger partial charge in [-0.1, -0.05) is 17.7 Å². The molecule has 1 heterocycles. The normalized spacial score (nSPS) is 14.1. The summed E-state index contributed by atoms with van der Waals surface area (Å²) in [6, 6.07) is 8.25. The molecule has 0 aliphatic carbocycles. The summed E-state index contributed by atoms with van der Waals surface area (Å²) in [6.07, 6.45) is 1.29. The van der Waals surface area contributed by atoms with Crippen molar-refractivity contribution in [2.75, 3.05) is 16.8 Å². The summed E-state index contributed by atoms with van der Waals surface area (Å²) in [5, 5.41) is 2.39. The Bertz CT molecular complexity index is 826. The van der Waals surface area contributed by atoms with E-state index in [1.54, 1.807) is 29.2 Å². The maximum atomic E-state index is 13.3. The summed E-state index contributed by atoms with van der Waals surface area (Å²) in [7, 11) is 0. The van der Waals surface area contributed by atoms with Crippen molar-refractivity contribution < 1.29 is 18.4 Å². The molecule has 1 N–H and O–H groups in total. The minimum Gasteiger partial charge on any atom is -0.322 e. The number of carbonyl (C=O) groups excluding carboxylic acids is 2. The van der Waals surface area contributed by atoms with Crippen LogP contribution in [-0.4, -0.2) is 18.4 Å².